The van der Waals surface area contributed by atoms with E-state index in [-0.39, 0.29) is 22.5 Å². The van der Waals surface area contributed by atoms with Crippen LogP contribution in [0.5, 0.6) is 5.75 Å². The first-order chi connectivity index (χ1) is 13.6. The maximum absolute atomic E-state index is 12.1. The fourth-order valence-corrected chi connectivity index (χ4v) is 3.18. The van der Waals surface area contributed by atoms with Gasteiger partial charge in [-0.15, -0.1) is 0 Å². The zero-order valence-corrected chi connectivity index (χ0v) is 15.4. The predicted octanol–water partition coefficient (Wildman–Crippen LogP) is 1.47. The Morgan fingerprint density at radius 3 is 2.68 bits per heavy atom. The average Bonchev–Trinajstić information content (AvgIpc) is 2.72. The molecule has 8 heteroatoms. The highest BCUT2D eigenvalue weighted by Gasteiger charge is 2.18. The smallest absolute Gasteiger partial charge is 0.268 e. The lowest BCUT2D eigenvalue weighted by molar-refractivity contribution is 0.0358. The second-order valence-electron chi connectivity index (χ2n) is 6.40. The summed E-state index contributed by atoms with van der Waals surface area (Å²) in [6.07, 6.45) is 0.870. The molecule has 0 radical (unpaired) electrons. The van der Waals surface area contributed by atoms with Gasteiger partial charge in [-0.3, -0.25) is 9.69 Å². The van der Waals surface area contributed by atoms with Crippen LogP contribution < -0.4 is 16.0 Å². The normalized spacial score (nSPS) is 14.2. The van der Waals surface area contributed by atoms with Crippen molar-refractivity contribution in [2.24, 2.45) is 0 Å². The van der Waals surface area contributed by atoms with Crippen molar-refractivity contribution >= 4 is 5.82 Å². The van der Waals surface area contributed by atoms with E-state index in [2.05, 4.69) is 9.88 Å². The highest BCUT2D eigenvalue weighted by atomic mass is 16.5. The molecule has 2 aromatic rings. The van der Waals surface area contributed by atoms with Gasteiger partial charge in [0.05, 0.1) is 19.8 Å². The molecular formula is C20H21N5O3. The first kappa shape index (κ1) is 19.4. The summed E-state index contributed by atoms with van der Waals surface area (Å²) in [7, 11) is 0. The molecule has 1 aromatic carbocycles. The number of aromatic nitrogens is 1. The molecule has 8 nitrogen and oxygen atoms in total. The zero-order valence-electron chi connectivity index (χ0n) is 15.4. The third-order valence-electron chi connectivity index (χ3n) is 4.58. The highest BCUT2D eigenvalue weighted by Crippen LogP contribution is 2.30. The number of H-pyrrole nitrogens is 1. The quantitative estimate of drug-likeness (QED) is 0.727. The number of pyridine rings is 1. The molecule has 0 aliphatic carbocycles. The van der Waals surface area contributed by atoms with Gasteiger partial charge in [-0.1, -0.05) is 12.1 Å². The second-order valence-corrected chi connectivity index (χ2v) is 6.40. The minimum atomic E-state index is -0.620. The minimum absolute atomic E-state index is 0.0571. The number of morpholine rings is 1. The molecule has 0 atom stereocenters. The van der Waals surface area contributed by atoms with Crippen LogP contribution in [0.25, 0.3) is 11.1 Å². The number of nitrogen functional groups attached to an aromatic ring is 1. The lowest BCUT2D eigenvalue weighted by Gasteiger charge is -2.26. The number of nitriles is 2. The van der Waals surface area contributed by atoms with Crippen LogP contribution in [0.3, 0.4) is 0 Å². The van der Waals surface area contributed by atoms with Crippen molar-refractivity contribution in [2.45, 2.75) is 6.42 Å². The molecule has 28 heavy (non-hydrogen) atoms. The molecule has 0 bridgehead atoms. The molecule has 1 aliphatic rings. The molecule has 0 unspecified atom stereocenters. The third-order valence-corrected chi connectivity index (χ3v) is 4.58. The zero-order chi connectivity index (χ0) is 19.9. The van der Waals surface area contributed by atoms with Gasteiger partial charge >= 0.3 is 0 Å². The van der Waals surface area contributed by atoms with Gasteiger partial charge in [0.2, 0.25) is 0 Å². The largest absolute Gasteiger partial charge is 0.494 e. The monoisotopic (exact) mass is 379 g/mol. The van der Waals surface area contributed by atoms with Gasteiger partial charge in [0.25, 0.3) is 5.56 Å². The molecule has 1 aliphatic heterocycles. The SMILES string of the molecule is N#Cc1c(N)[nH]c(=O)c(C#N)c1-c1cccc(OCCCN2CCOCC2)c1. The number of hydrogen-bond donors (Lipinski definition) is 2. The molecule has 0 spiro atoms. The highest BCUT2D eigenvalue weighted by molar-refractivity contribution is 5.80. The van der Waals surface area contributed by atoms with E-state index < -0.39 is 5.56 Å². The molecule has 1 aromatic heterocycles. The number of aromatic amines is 1. The first-order valence-corrected chi connectivity index (χ1v) is 9.03. The Morgan fingerprint density at radius 1 is 1.21 bits per heavy atom. The Morgan fingerprint density at radius 2 is 1.96 bits per heavy atom. The Hall–Kier alpha value is -3.33. The fraction of sp³-hybridized carbons (Fsp3) is 0.350. The molecule has 144 valence electrons. The molecule has 3 N–H and O–H groups in total. The first-order valence-electron chi connectivity index (χ1n) is 9.03. The lowest BCUT2D eigenvalue weighted by Crippen LogP contribution is -2.37. The molecule has 1 fully saturated rings. The Balaban J connectivity index is 1.76. The summed E-state index contributed by atoms with van der Waals surface area (Å²) in [4.78, 5) is 16.7. The van der Waals surface area contributed by atoms with Crippen LogP contribution in [0.1, 0.15) is 17.5 Å². The summed E-state index contributed by atoms with van der Waals surface area (Å²) in [5, 5.41) is 18.8. The van der Waals surface area contributed by atoms with Crippen LogP contribution in [-0.2, 0) is 4.74 Å². The van der Waals surface area contributed by atoms with Crippen molar-refractivity contribution in [1.29, 1.82) is 10.5 Å². The number of nitrogens with one attached hydrogen (secondary N) is 1. The van der Waals surface area contributed by atoms with Crippen LogP contribution in [0.2, 0.25) is 0 Å². The van der Waals surface area contributed by atoms with Crippen molar-refractivity contribution in [2.75, 3.05) is 45.2 Å². The Labute approximate surface area is 162 Å². The van der Waals surface area contributed by atoms with Crippen molar-refractivity contribution in [3.8, 4) is 29.0 Å². The summed E-state index contributed by atoms with van der Waals surface area (Å²) in [6.45, 7) is 4.88. The fourth-order valence-electron chi connectivity index (χ4n) is 3.18. The lowest BCUT2D eigenvalue weighted by atomic mass is 9.96. The number of benzene rings is 1. The molecule has 0 amide bonds. The van der Waals surface area contributed by atoms with Gasteiger partial charge in [-0.05, 0) is 24.1 Å². The number of anilines is 1. The summed E-state index contributed by atoms with van der Waals surface area (Å²) >= 11 is 0. The van der Waals surface area contributed by atoms with E-state index in [0.717, 1.165) is 39.3 Å². The van der Waals surface area contributed by atoms with Gasteiger partial charge in [0.1, 0.15) is 34.8 Å². The van der Waals surface area contributed by atoms with Crippen LogP contribution in [0.4, 0.5) is 5.82 Å². The van der Waals surface area contributed by atoms with E-state index in [9.17, 15) is 15.3 Å². The third kappa shape index (κ3) is 4.32. The van der Waals surface area contributed by atoms with Gasteiger partial charge < -0.3 is 20.2 Å². The topological polar surface area (TPSA) is 128 Å². The van der Waals surface area contributed by atoms with Gasteiger partial charge in [0.15, 0.2) is 0 Å². The Bertz CT molecular complexity index is 981. The maximum atomic E-state index is 12.1. The second kappa shape index (κ2) is 9.05. The molecule has 2 heterocycles. The van der Waals surface area contributed by atoms with Crippen LogP contribution >= 0.6 is 0 Å². The summed E-state index contributed by atoms with van der Waals surface area (Å²) < 4.78 is 11.2. The van der Waals surface area contributed by atoms with Crippen molar-refractivity contribution < 1.29 is 9.47 Å². The van der Waals surface area contributed by atoms with Crippen LogP contribution in [-0.4, -0.2) is 49.3 Å². The number of rotatable bonds is 6. The van der Waals surface area contributed by atoms with Gasteiger partial charge in [-0.2, -0.15) is 10.5 Å². The minimum Gasteiger partial charge on any atom is -0.494 e. The van der Waals surface area contributed by atoms with Crippen LogP contribution in [0.15, 0.2) is 29.1 Å². The predicted molar refractivity (Wildman–Crippen MR) is 104 cm³/mol. The van der Waals surface area contributed by atoms with Crippen molar-refractivity contribution in [1.82, 2.24) is 9.88 Å². The number of hydrogen-bond acceptors (Lipinski definition) is 7. The molecule has 0 saturated carbocycles. The van der Waals surface area contributed by atoms with Gasteiger partial charge in [0, 0.05) is 25.2 Å². The molecule has 3 rings (SSSR count). The van der Waals surface area contributed by atoms with E-state index in [1.807, 2.05) is 12.1 Å². The summed E-state index contributed by atoms with van der Waals surface area (Å²) in [6, 6.07) is 10.8. The number of nitrogens with zero attached hydrogens (tertiary/aromatic N) is 3. The van der Waals surface area contributed by atoms with Gasteiger partial charge in [-0.25, -0.2) is 0 Å². The summed E-state index contributed by atoms with van der Waals surface area (Å²) in [5.74, 6) is 0.546. The maximum Gasteiger partial charge on any atom is 0.268 e. The van der Waals surface area contributed by atoms with Crippen molar-refractivity contribution in [3.05, 3.63) is 45.7 Å². The summed E-state index contributed by atoms with van der Waals surface area (Å²) in [5.41, 5.74) is 5.84. The molecular weight excluding hydrogens is 358 g/mol. The van der Waals surface area contributed by atoms with Crippen molar-refractivity contribution in [3.63, 3.8) is 0 Å². The van der Waals surface area contributed by atoms with E-state index in [0.29, 0.717) is 17.9 Å². The van der Waals surface area contributed by atoms with E-state index in [1.54, 1.807) is 24.3 Å². The van der Waals surface area contributed by atoms with Crippen LogP contribution in [0, 0.1) is 22.7 Å². The van der Waals surface area contributed by atoms with E-state index in [1.165, 1.54) is 0 Å². The van der Waals surface area contributed by atoms with E-state index in [4.69, 9.17) is 15.2 Å². The number of ether oxygens (including phenoxy) is 2. The Kier molecular flexibility index (Phi) is 6.28. The average molecular weight is 379 g/mol. The van der Waals surface area contributed by atoms with E-state index >= 15 is 0 Å². The molecule has 1 saturated heterocycles. The standard InChI is InChI=1S/C20H21N5O3/c21-12-16-18(17(13-22)20(26)24-19(16)23)14-3-1-4-15(11-14)28-8-2-5-25-6-9-27-10-7-25/h1,3-4,11H,2,5-10H2,(H3,23,24,26). The number of nitrogens with two attached hydrogens (primary N) is 1.